The summed E-state index contributed by atoms with van der Waals surface area (Å²) in [5.41, 5.74) is 10.8. The third-order valence-electron chi connectivity index (χ3n) is 8.12. The minimum Gasteiger partial charge on any atom is -0.400 e. The molecule has 8 heteroatoms. The molecular weight excluding hydrogens is 496 g/mol. The summed E-state index contributed by atoms with van der Waals surface area (Å²) in [7, 11) is 1.00. The number of nitrogens with two attached hydrogens (primary N) is 1. The molecule has 214 valence electrons. The van der Waals surface area contributed by atoms with E-state index in [2.05, 4.69) is 33.1 Å². The highest BCUT2D eigenvalue weighted by atomic mass is 19.1. The van der Waals surface area contributed by atoms with E-state index in [1.807, 2.05) is 31.2 Å². The molecule has 2 aliphatic heterocycles. The smallest absolute Gasteiger partial charge is 0.129 e. The molecule has 1 spiro atoms. The highest BCUT2D eigenvalue weighted by molar-refractivity contribution is 5.85. The average molecular weight is 542 g/mol. The third kappa shape index (κ3) is 6.46. The summed E-state index contributed by atoms with van der Waals surface area (Å²) in [6, 6.07) is 11.7. The molecule has 2 aromatic carbocycles. The van der Waals surface area contributed by atoms with Crippen LogP contribution in [0.5, 0.6) is 0 Å². The number of para-hydroxylation sites is 1. The standard InChI is InChI=1S/C30H41F2N5.CH4O/c1-5-36-16-30(17-36)18-37(19-30)14-21-12-24(31)27(25(33)13-21)20(2)28-23(10-11-34-15-29(3,4)32)22-8-6-7-9-26(22)35-28;1-2/h6-9,12-13,20,34-35H,5,10-11,14-19,33H2,1-4H3;2H,1H3. The zero-order valence-corrected chi connectivity index (χ0v) is 24.1. The van der Waals surface area contributed by atoms with Crippen molar-refractivity contribution in [1.82, 2.24) is 20.1 Å². The molecule has 2 fully saturated rings. The van der Waals surface area contributed by atoms with E-state index in [1.165, 1.54) is 13.1 Å². The van der Waals surface area contributed by atoms with Crippen LogP contribution >= 0.6 is 0 Å². The van der Waals surface area contributed by atoms with Gasteiger partial charge in [0.15, 0.2) is 0 Å². The number of aliphatic hydroxyl groups excluding tert-OH is 1. The summed E-state index contributed by atoms with van der Waals surface area (Å²) in [5, 5.41) is 11.3. The van der Waals surface area contributed by atoms with Gasteiger partial charge in [0.1, 0.15) is 11.5 Å². The van der Waals surface area contributed by atoms with Crippen LogP contribution in [0.3, 0.4) is 0 Å². The highest BCUT2D eigenvalue weighted by Crippen LogP contribution is 2.41. The zero-order chi connectivity index (χ0) is 28.4. The molecule has 39 heavy (non-hydrogen) atoms. The van der Waals surface area contributed by atoms with Crippen LogP contribution < -0.4 is 11.1 Å². The van der Waals surface area contributed by atoms with Gasteiger partial charge in [0.2, 0.25) is 0 Å². The highest BCUT2D eigenvalue weighted by Gasteiger charge is 2.50. The van der Waals surface area contributed by atoms with Gasteiger partial charge in [-0.25, -0.2) is 8.78 Å². The number of nitrogens with zero attached hydrogens (tertiary/aromatic N) is 2. The van der Waals surface area contributed by atoms with E-state index in [0.29, 0.717) is 29.6 Å². The molecule has 1 aromatic heterocycles. The fourth-order valence-corrected chi connectivity index (χ4v) is 6.45. The molecular formula is C31H45F2N5O. The third-order valence-corrected chi connectivity index (χ3v) is 8.12. The van der Waals surface area contributed by atoms with Crippen LogP contribution in [0.2, 0.25) is 0 Å². The van der Waals surface area contributed by atoms with Gasteiger partial charge in [-0.15, -0.1) is 0 Å². The normalized spacial score (nSPS) is 17.9. The predicted molar refractivity (Wildman–Crippen MR) is 156 cm³/mol. The molecule has 3 aromatic rings. The maximum absolute atomic E-state index is 15.6. The zero-order valence-electron chi connectivity index (χ0n) is 24.1. The Morgan fingerprint density at radius 2 is 1.79 bits per heavy atom. The van der Waals surface area contributed by atoms with Crippen LogP contribution in [0.1, 0.15) is 56.0 Å². The number of hydrogen-bond donors (Lipinski definition) is 4. The lowest BCUT2D eigenvalue weighted by atomic mass is 9.72. The summed E-state index contributed by atoms with van der Waals surface area (Å²) in [6.45, 7) is 14.7. The van der Waals surface area contributed by atoms with Crippen molar-refractivity contribution in [2.75, 3.05) is 58.7 Å². The number of nitrogen functional groups attached to an aromatic ring is 1. The average Bonchev–Trinajstić information content (AvgIpc) is 3.21. The summed E-state index contributed by atoms with van der Waals surface area (Å²) in [5.74, 6) is -0.489. The van der Waals surface area contributed by atoms with Crippen LogP contribution in [0, 0.1) is 11.2 Å². The Bertz CT molecular complexity index is 1230. The Balaban J connectivity index is 0.00000172. The lowest BCUT2D eigenvalue weighted by molar-refractivity contribution is -0.116. The van der Waals surface area contributed by atoms with Gasteiger partial charge in [-0.2, -0.15) is 0 Å². The molecule has 0 aliphatic carbocycles. The summed E-state index contributed by atoms with van der Waals surface area (Å²) >= 11 is 0. The number of aromatic amines is 1. The number of aliphatic hydroxyl groups is 1. The topological polar surface area (TPSA) is 80.5 Å². The number of nitrogens with one attached hydrogen (secondary N) is 2. The lowest BCUT2D eigenvalue weighted by Gasteiger charge is -2.60. The first-order chi connectivity index (χ1) is 18.6. The Hall–Kier alpha value is -2.52. The van der Waals surface area contributed by atoms with E-state index in [-0.39, 0.29) is 18.3 Å². The minimum atomic E-state index is -1.26. The molecule has 3 heterocycles. The van der Waals surface area contributed by atoms with E-state index in [0.717, 1.165) is 61.0 Å². The number of fused-ring (bicyclic) bond motifs is 1. The number of hydrogen-bond acceptors (Lipinski definition) is 5. The number of benzene rings is 2. The molecule has 1 unspecified atom stereocenters. The van der Waals surface area contributed by atoms with Crippen molar-refractivity contribution in [3.8, 4) is 0 Å². The van der Waals surface area contributed by atoms with Crippen molar-refractivity contribution >= 4 is 16.6 Å². The maximum Gasteiger partial charge on any atom is 0.129 e. The van der Waals surface area contributed by atoms with Gasteiger partial charge in [0.25, 0.3) is 0 Å². The van der Waals surface area contributed by atoms with Crippen molar-refractivity contribution in [2.24, 2.45) is 5.41 Å². The van der Waals surface area contributed by atoms with Crippen LogP contribution in [0.25, 0.3) is 10.9 Å². The molecule has 2 aliphatic rings. The summed E-state index contributed by atoms with van der Waals surface area (Å²) in [6.07, 6.45) is 0.714. The van der Waals surface area contributed by atoms with E-state index in [9.17, 15) is 4.39 Å². The maximum atomic E-state index is 15.6. The van der Waals surface area contributed by atoms with Crippen molar-refractivity contribution in [3.63, 3.8) is 0 Å². The lowest BCUT2D eigenvalue weighted by Crippen LogP contribution is -2.71. The van der Waals surface area contributed by atoms with Gasteiger partial charge in [-0.05, 0) is 62.7 Å². The monoisotopic (exact) mass is 541 g/mol. The van der Waals surface area contributed by atoms with Crippen LogP contribution in [0.4, 0.5) is 14.5 Å². The molecule has 2 saturated heterocycles. The SMILES string of the molecule is CCN1CC2(C1)CN(Cc1cc(N)c(C(C)c3[nH]c4ccccc4c3CCNCC(C)(C)F)c(F)c1)C2.CO. The van der Waals surface area contributed by atoms with Crippen molar-refractivity contribution < 1.29 is 13.9 Å². The van der Waals surface area contributed by atoms with Crippen LogP contribution in [-0.4, -0.2) is 78.5 Å². The number of aromatic nitrogens is 1. The molecule has 5 rings (SSSR count). The van der Waals surface area contributed by atoms with Crippen molar-refractivity contribution in [3.05, 3.63) is 64.6 Å². The van der Waals surface area contributed by atoms with E-state index >= 15 is 4.39 Å². The van der Waals surface area contributed by atoms with Crippen molar-refractivity contribution in [2.45, 2.75) is 52.2 Å². The van der Waals surface area contributed by atoms with Gasteiger partial charge in [0.05, 0.1) is 0 Å². The number of alkyl halides is 1. The Kier molecular flexibility index (Phi) is 9.01. The van der Waals surface area contributed by atoms with Crippen LogP contribution in [0.15, 0.2) is 36.4 Å². The van der Waals surface area contributed by atoms with Gasteiger partial charge in [0, 0.05) is 85.6 Å². The largest absolute Gasteiger partial charge is 0.400 e. The molecule has 0 amide bonds. The second kappa shape index (κ2) is 11.9. The first-order valence-corrected chi connectivity index (χ1v) is 14.0. The van der Waals surface area contributed by atoms with Crippen LogP contribution in [-0.2, 0) is 13.0 Å². The molecule has 0 saturated carbocycles. The second-order valence-electron chi connectivity index (χ2n) is 12.0. The molecule has 6 nitrogen and oxygen atoms in total. The van der Waals surface area contributed by atoms with E-state index in [1.54, 1.807) is 19.9 Å². The number of H-pyrrole nitrogens is 1. The van der Waals surface area contributed by atoms with E-state index in [4.69, 9.17) is 10.8 Å². The fraction of sp³-hybridized carbons (Fsp3) is 0.548. The molecule has 0 bridgehead atoms. The van der Waals surface area contributed by atoms with Gasteiger partial charge >= 0.3 is 0 Å². The molecule has 1 atom stereocenters. The number of anilines is 1. The fourth-order valence-electron chi connectivity index (χ4n) is 6.45. The second-order valence-corrected chi connectivity index (χ2v) is 12.0. The Morgan fingerprint density at radius 1 is 1.13 bits per heavy atom. The minimum absolute atomic E-state index is 0.239. The Morgan fingerprint density at radius 3 is 2.44 bits per heavy atom. The van der Waals surface area contributed by atoms with Gasteiger partial charge in [-0.3, -0.25) is 4.90 Å². The summed E-state index contributed by atoms with van der Waals surface area (Å²) < 4.78 is 29.5. The van der Waals surface area contributed by atoms with Gasteiger partial charge < -0.3 is 26.0 Å². The van der Waals surface area contributed by atoms with Crippen molar-refractivity contribution in [1.29, 1.82) is 0 Å². The summed E-state index contributed by atoms with van der Waals surface area (Å²) in [4.78, 5) is 8.40. The first kappa shape index (κ1) is 29.5. The number of likely N-dealkylation sites (tertiary alicyclic amines) is 2. The number of halogens is 2. The molecule has 5 N–H and O–H groups in total. The first-order valence-electron chi connectivity index (χ1n) is 14.0. The van der Waals surface area contributed by atoms with E-state index < -0.39 is 5.67 Å². The molecule has 0 radical (unpaired) electrons. The predicted octanol–water partition coefficient (Wildman–Crippen LogP) is 4.67. The number of rotatable bonds is 10. The Labute approximate surface area is 231 Å². The quantitative estimate of drug-likeness (QED) is 0.222. The van der Waals surface area contributed by atoms with Gasteiger partial charge in [-0.1, -0.05) is 32.0 Å².